The summed E-state index contributed by atoms with van der Waals surface area (Å²) in [5.74, 6) is -0.776. The molecule has 2 amide bonds. The van der Waals surface area contributed by atoms with Crippen LogP contribution in [0.25, 0.3) is 0 Å². The van der Waals surface area contributed by atoms with Crippen LogP contribution in [0.15, 0.2) is 0 Å². The van der Waals surface area contributed by atoms with Crippen molar-refractivity contribution in [2.75, 3.05) is 19.6 Å². The largest absolute Gasteiger partial charge is 0.481 e. The van der Waals surface area contributed by atoms with Crippen molar-refractivity contribution in [3.8, 4) is 0 Å². The van der Waals surface area contributed by atoms with Gasteiger partial charge in [0.05, 0.1) is 0 Å². The molecular formula is C20H34N2O4. The molecule has 0 spiro atoms. The minimum atomic E-state index is -0.734. The monoisotopic (exact) mass is 366 g/mol. The van der Waals surface area contributed by atoms with Gasteiger partial charge in [-0.3, -0.25) is 14.4 Å². The Morgan fingerprint density at radius 3 is 2.15 bits per heavy atom. The molecule has 6 heteroatoms. The summed E-state index contributed by atoms with van der Waals surface area (Å²) >= 11 is 0. The highest BCUT2D eigenvalue weighted by molar-refractivity contribution is 5.88. The highest BCUT2D eigenvalue weighted by atomic mass is 16.4. The molecule has 0 radical (unpaired) electrons. The van der Waals surface area contributed by atoms with Crippen LogP contribution in [0.3, 0.4) is 0 Å². The number of aliphatic carboxylic acids is 1. The number of carbonyl (C=O) groups is 3. The molecule has 2 aliphatic rings. The number of carboxylic acid groups (broad SMARTS) is 1. The number of unbranched alkanes of at least 4 members (excludes halogenated alkanes) is 4. The molecule has 1 heterocycles. The lowest BCUT2D eigenvalue weighted by Gasteiger charge is -2.32. The molecule has 6 nitrogen and oxygen atoms in total. The predicted octanol–water partition coefficient (Wildman–Crippen LogP) is 2.96. The number of likely N-dealkylation sites (tertiary alicyclic amines) is 1. The molecule has 2 unspecified atom stereocenters. The SMILES string of the molecule is O=C(O)CCCCCCCNC(=O)C1CCCCC1C(=O)N1CCCC1. The van der Waals surface area contributed by atoms with Crippen molar-refractivity contribution in [1.82, 2.24) is 10.2 Å². The molecule has 2 rings (SSSR count). The van der Waals surface area contributed by atoms with Crippen LogP contribution in [0, 0.1) is 11.8 Å². The van der Waals surface area contributed by atoms with Gasteiger partial charge in [0.2, 0.25) is 11.8 Å². The van der Waals surface area contributed by atoms with Crippen LogP contribution in [0.4, 0.5) is 0 Å². The number of nitrogens with one attached hydrogen (secondary N) is 1. The molecule has 1 saturated carbocycles. The van der Waals surface area contributed by atoms with E-state index < -0.39 is 5.97 Å². The highest BCUT2D eigenvalue weighted by Gasteiger charge is 2.38. The van der Waals surface area contributed by atoms with E-state index in [9.17, 15) is 14.4 Å². The maximum atomic E-state index is 12.7. The number of hydrogen-bond donors (Lipinski definition) is 2. The summed E-state index contributed by atoms with van der Waals surface area (Å²) in [6.45, 7) is 2.36. The fourth-order valence-corrected chi connectivity index (χ4v) is 4.19. The van der Waals surface area contributed by atoms with Gasteiger partial charge in [0.25, 0.3) is 0 Å². The lowest BCUT2D eigenvalue weighted by atomic mass is 9.78. The number of carboxylic acids is 1. The molecule has 2 fully saturated rings. The Kier molecular flexibility index (Phi) is 8.92. The zero-order chi connectivity index (χ0) is 18.8. The quantitative estimate of drug-likeness (QED) is 0.582. The summed E-state index contributed by atoms with van der Waals surface area (Å²) in [6, 6.07) is 0. The van der Waals surface area contributed by atoms with Gasteiger partial charge in [-0.15, -0.1) is 0 Å². The van der Waals surface area contributed by atoms with Gasteiger partial charge in [-0.1, -0.05) is 32.1 Å². The summed E-state index contributed by atoms with van der Waals surface area (Å²) < 4.78 is 0. The van der Waals surface area contributed by atoms with Crippen molar-refractivity contribution in [2.24, 2.45) is 11.8 Å². The summed E-state index contributed by atoms with van der Waals surface area (Å²) in [5.41, 5.74) is 0. The summed E-state index contributed by atoms with van der Waals surface area (Å²) in [4.78, 5) is 37.7. The summed E-state index contributed by atoms with van der Waals surface area (Å²) in [7, 11) is 0. The fourth-order valence-electron chi connectivity index (χ4n) is 4.19. The standard InChI is InChI=1S/C20H34N2O4/c23-18(24)12-4-2-1-3-7-13-21-19(25)16-10-5-6-11-17(16)20(26)22-14-8-9-15-22/h16-17H,1-15H2,(H,21,25)(H,23,24). The normalized spacial score (nSPS) is 23.0. The Balaban J connectivity index is 1.66. The van der Waals surface area contributed by atoms with E-state index in [0.29, 0.717) is 6.54 Å². The third kappa shape index (κ3) is 6.61. The van der Waals surface area contributed by atoms with Crippen molar-refractivity contribution in [1.29, 1.82) is 0 Å². The Morgan fingerprint density at radius 1 is 0.846 bits per heavy atom. The first-order valence-electron chi connectivity index (χ1n) is 10.4. The van der Waals surface area contributed by atoms with Crippen molar-refractivity contribution < 1.29 is 19.5 Å². The van der Waals surface area contributed by atoms with E-state index in [1.807, 2.05) is 4.90 Å². The minimum absolute atomic E-state index is 0.0492. The second kappa shape index (κ2) is 11.2. The minimum Gasteiger partial charge on any atom is -0.481 e. The van der Waals surface area contributed by atoms with Gasteiger partial charge in [-0.25, -0.2) is 0 Å². The third-order valence-electron chi connectivity index (χ3n) is 5.70. The van der Waals surface area contributed by atoms with Crippen molar-refractivity contribution in [3.05, 3.63) is 0 Å². The van der Waals surface area contributed by atoms with Gasteiger partial charge in [-0.2, -0.15) is 0 Å². The Morgan fingerprint density at radius 2 is 1.46 bits per heavy atom. The highest BCUT2D eigenvalue weighted by Crippen LogP contribution is 2.32. The van der Waals surface area contributed by atoms with Crippen molar-refractivity contribution in [3.63, 3.8) is 0 Å². The molecule has 0 aromatic heterocycles. The van der Waals surface area contributed by atoms with Crippen LogP contribution in [0.2, 0.25) is 0 Å². The summed E-state index contributed by atoms with van der Waals surface area (Å²) in [6.07, 6.45) is 10.7. The lowest BCUT2D eigenvalue weighted by molar-refractivity contribution is -0.142. The summed E-state index contributed by atoms with van der Waals surface area (Å²) in [5, 5.41) is 11.6. The fraction of sp³-hybridized carbons (Fsp3) is 0.850. The van der Waals surface area contributed by atoms with Crippen LogP contribution in [0.5, 0.6) is 0 Å². The van der Waals surface area contributed by atoms with Crippen LogP contribution >= 0.6 is 0 Å². The first-order valence-corrected chi connectivity index (χ1v) is 10.4. The van der Waals surface area contributed by atoms with E-state index in [-0.39, 0.29) is 30.1 Å². The van der Waals surface area contributed by atoms with Crippen LogP contribution in [0.1, 0.15) is 77.0 Å². The maximum Gasteiger partial charge on any atom is 0.303 e. The molecule has 1 aliphatic carbocycles. The van der Waals surface area contributed by atoms with Gasteiger partial charge < -0.3 is 15.3 Å². The van der Waals surface area contributed by atoms with Gasteiger partial charge >= 0.3 is 5.97 Å². The second-order valence-electron chi connectivity index (χ2n) is 7.73. The Hall–Kier alpha value is -1.59. The van der Waals surface area contributed by atoms with E-state index in [1.54, 1.807) is 0 Å². The topological polar surface area (TPSA) is 86.7 Å². The van der Waals surface area contributed by atoms with E-state index in [2.05, 4.69) is 5.32 Å². The number of amides is 2. The van der Waals surface area contributed by atoms with Crippen LogP contribution in [-0.4, -0.2) is 47.4 Å². The van der Waals surface area contributed by atoms with E-state index in [4.69, 9.17) is 5.11 Å². The average molecular weight is 367 g/mol. The number of carbonyl (C=O) groups excluding carboxylic acids is 2. The van der Waals surface area contributed by atoms with Gasteiger partial charge in [-0.05, 0) is 38.5 Å². The first-order chi connectivity index (χ1) is 12.6. The van der Waals surface area contributed by atoms with E-state index in [1.165, 1.54) is 0 Å². The molecule has 0 aromatic carbocycles. The molecule has 0 bridgehead atoms. The van der Waals surface area contributed by atoms with Crippen molar-refractivity contribution in [2.45, 2.75) is 77.0 Å². The van der Waals surface area contributed by atoms with E-state index in [0.717, 1.165) is 83.7 Å². The van der Waals surface area contributed by atoms with E-state index >= 15 is 0 Å². The van der Waals surface area contributed by atoms with Gasteiger partial charge in [0.1, 0.15) is 0 Å². The molecule has 1 aliphatic heterocycles. The Bertz CT molecular complexity index is 474. The van der Waals surface area contributed by atoms with Crippen LogP contribution < -0.4 is 5.32 Å². The molecule has 148 valence electrons. The first kappa shape index (κ1) is 20.7. The van der Waals surface area contributed by atoms with Crippen LogP contribution in [-0.2, 0) is 14.4 Å². The average Bonchev–Trinajstić information content (AvgIpc) is 3.17. The molecular weight excluding hydrogens is 332 g/mol. The van der Waals surface area contributed by atoms with Gasteiger partial charge in [0, 0.05) is 37.9 Å². The van der Waals surface area contributed by atoms with Gasteiger partial charge in [0.15, 0.2) is 0 Å². The zero-order valence-electron chi connectivity index (χ0n) is 15.9. The number of rotatable bonds is 10. The molecule has 0 aromatic rings. The maximum absolute atomic E-state index is 12.7. The zero-order valence-corrected chi connectivity index (χ0v) is 15.9. The molecule has 2 atom stereocenters. The lowest BCUT2D eigenvalue weighted by Crippen LogP contribution is -2.44. The number of hydrogen-bond acceptors (Lipinski definition) is 3. The number of nitrogens with zero attached hydrogens (tertiary/aromatic N) is 1. The second-order valence-corrected chi connectivity index (χ2v) is 7.73. The van der Waals surface area contributed by atoms with Crippen molar-refractivity contribution >= 4 is 17.8 Å². The molecule has 2 N–H and O–H groups in total. The molecule has 26 heavy (non-hydrogen) atoms. The molecule has 1 saturated heterocycles. The predicted molar refractivity (Wildman–Crippen MR) is 99.6 cm³/mol. The smallest absolute Gasteiger partial charge is 0.303 e. The third-order valence-corrected chi connectivity index (χ3v) is 5.70. The Labute approximate surface area is 156 Å².